The van der Waals surface area contributed by atoms with Gasteiger partial charge in [-0.1, -0.05) is 20.8 Å². The summed E-state index contributed by atoms with van der Waals surface area (Å²) in [5, 5.41) is 7.03. The highest BCUT2D eigenvalue weighted by Crippen LogP contribution is 2.15. The van der Waals surface area contributed by atoms with Crippen LogP contribution in [0.4, 0.5) is 0 Å². The second-order valence-corrected chi connectivity index (χ2v) is 7.96. The fraction of sp³-hybridized carbons (Fsp3) is 0.950. The van der Waals surface area contributed by atoms with E-state index in [1.54, 1.807) is 0 Å². The Morgan fingerprint density at radius 1 is 1.15 bits per heavy atom. The van der Waals surface area contributed by atoms with Crippen molar-refractivity contribution in [3.63, 3.8) is 0 Å². The van der Waals surface area contributed by atoms with Gasteiger partial charge in [-0.2, -0.15) is 0 Å². The molecule has 2 aliphatic rings. The molecule has 2 saturated heterocycles. The van der Waals surface area contributed by atoms with E-state index in [1.165, 1.54) is 32.5 Å². The van der Waals surface area contributed by atoms with Gasteiger partial charge in [-0.25, -0.2) is 0 Å². The van der Waals surface area contributed by atoms with Crippen LogP contribution in [0.1, 0.15) is 40.5 Å². The Labute approximate surface area is 183 Å². The van der Waals surface area contributed by atoms with Gasteiger partial charge >= 0.3 is 0 Å². The monoisotopic (exact) mass is 495 g/mol. The largest absolute Gasteiger partial charge is 0.379 e. The summed E-state index contributed by atoms with van der Waals surface area (Å²) in [5.41, 5.74) is 0. The van der Waals surface area contributed by atoms with Gasteiger partial charge in [0.15, 0.2) is 5.96 Å². The van der Waals surface area contributed by atoms with Gasteiger partial charge in [-0.3, -0.25) is 9.89 Å². The molecule has 160 valence electrons. The lowest BCUT2D eigenvalue weighted by Gasteiger charge is -2.36. The molecule has 2 atom stereocenters. The Balaban J connectivity index is 0.00000364. The van der Waals surface area contributed by atoms with Gasteiger partial charge in [0.05, 0.1) is 19.8 Å². The molecule has 7 heteroatoms. The molecular formula is C20H42IN5O. The average Bonchev–Trinajstić information content (AvgIpc) is 2.67. The van der Waals surface area contributed by atoms with Gasteiger partial charge < -0.3 is 20.3 Å². The zero-order valence-corrected chi connectivity index (χ0v) is 20.2. The predicted molar refractivity (Wildman–Crippen MR) is 125 cm³/mol. The van der Waals surface area contributed by atoms with Crippen LogP contribution in [0.25, 0.3) is 0 Å². The molecule has 0 saturated carbocycles. The third-order valence-corrected chi connectivity index (χ3v) is 5.67. The quantitative estimate of drug-likeness (QED) is 0.308. The molecule has 2 aliphatic heterocycles. The number of aliphatic imine (C=N–C) groups is 1. The average molecular weight is 495 g/mol. The van der Waals surface area contributed by atoms with Gasteiger partial charge in [0, 0.05) is 38.8 Å². The summed E-state index contributed by atoms with van der Waals surface area (Å²) >= 11 is 0. The van der Waals surface area contributed by atoms with Crippen molar-refractivity contribution in [2.75, 3.05) is 65.6 Å². The van der Waals surface area contributed by atoms with Crippen molar-refractivity contribution in [2.24, 2.45) is 16.8 Å². The number of morpholine rings is 1. The Morgan fingerprint density at radius 3 is 2.52 bits per heavy atom. The number of ether oxygens (including phenoxy) is 1. The van der Waals surface area contributed by atoms with E-state index in [2.05, 4.69) is 48.1 Å². The van der Waals surface area contributed by atoms with Crippen LogP contribution in [0.3, 0.4) is 0 Å². The second kappa shape index (κ2) is 14.0. The van der Waals surface area contributed by atoms with Crippen molar-refractivity contribution in [1.82, 2.24) is 20.4 Å². The van der Waals surface area contributed by atoms with Crippen molar-refractivity contribution in [3.05, 3.63) is 0 Å². The molecule has 2 unspecified atom stereocenters. The number of hydrogen-bond donors (Lipinski definition) is 2. The van der Waals surface area contributed by atoms with E-state index in [4.69, 9.17) is 9.73 Å². The summed E-state index contributed by atoms with van der Waals surface area (Å²) in [6.45, 7) is 19.2. The molecule has 0 aromatic carbocycles. The van der Waals surface area contributed by atoms with Crippen LogP contribution in [-0.2, 0) is 4.74 Å². The summed E-state index contributed by atoms with van der Waals surface area (Å²) in [4.78, 5) is 10.0. The minimum atomic E-state index is 0. The first-order chi connectivity index (χ1) is 12.6. The summed E-state index contributed by atoms with van der Waals surface area (Å²) < 4.78 is 5.51. The highest BCUT2D eigenvalue weighted by atomic mass is 127. The zero-order chi connectivity index (χ0) is 18.8. The molecule has 27 heavy (non-hydrogen) atoms. The maximum Gasteiger partial charge on any atom is 0.191 e. The highest BCUT2D eigenvalue weighted by molar-refractivity contribution is 14.0. The van der Waals surface area contributed by atoms with E-state index < -0.39 is 0 Å². The van der Waals surface area contributed by atoms with Crippen molar-refractivity contribution < 1.29 is 4.74 Å². The van der Waals surface area contributed by atoms with E-state index in [9.17, 15) is 0 Å². The lowest BCUT2D eigenvalue weighted by atomic mass is 9.98. The number of halogens is 1. The molecule has 0 aromatic rings. The van der Waals surface area contributed by atoms with Gasteiger partial charge in [0.1, 0.15) is 0 Å². The first-order valence-electron chi connectivity index (χ1n) is 10.7. The third kappa shape index (κ3) is 8.83. The summed E-state index contributed by atoms with van der Waals surface area (Å²) in [6.07, 6.45) is 2.64. The SMILES string of the molecule is CCNC(=NCC(C(C)C)N1CCOCC1)NCC1CCCN(CC)C1.I. The first-order valence-corrected chi connectivity index (χ1v) is 10.7. The molecule has 0 amide bonds. The summed E-state index contributed by atoms with van der Waals surface area (Å²) in [5.74, 6) is 2.30. The number of nitrogens with zero attached hydrogens (tertiary/aromatic N) is 3. The van der Waals surface area contributed by atoms with Crippen molar-refractivity contribution in [1.29, 1.82) is 0 Å². The van der Waals surface area contributed by atoms with Crippen molar-refractivity contribution in [2.45, 2.75) is 46.6 Å². The topological polar surface area (TPSA) is 52.1 Å². The van der Waals surface area contributed by atoms with Crippen LogP contribution in [0, 0.1) is 11.8 Å². The molecule has 2 heterocycles. The van der Waals surface area contributed by atoms with E-state index in [1.807, 2.05) is 0 Å². The van der Waals surface area contributed by atoms with Gasteiger partial charge in [0.25, 0.3) is 0 Å². The van der Waals surface area contributed by atoms with Crippen molar-refractivity contribution >= 4 is 29.9 Å². The van der Waals surface area contributed by atoms with Crippen LogP contribution in [0.15, 0.2) is 4.99 Å². The fourth-order valence-electron chi connectivity index (χ4n) is 4.03. The molecule has 2 rings (SSSR count). The van der Waals surface area contributed by atoms with Crippen LogP contribution in [-0.4, -0.2) is 87.4 Å². The van der Waals surface area contributed by atoms with E-state index in [-0.39, 0.29) is 24.0 Å². The molecule has 2 N–H and O–H groups in total. The maximum atomic E-state index is 5.51. The van der Waals surface area contributed by atoms with Gasteiger partial charge in [-0.05, 0) is 44.7 Å². The standard InChI is InChI=1S/C20H41N5O.HI/c1-5-21-20(22-14-18-8-7-9-24(6-2)16-18)23-15-19(17(3)4)25-10-12-26-13-11-25;/h17-19H,5-16H2,1-4H3,(H2,21,22,23);1H. The number of piperidine rings is 1. The lowest BCUT2D eigenvalue weighted by molar-refractivity contribution is 0.00867. The molecule has 0 aromatic heterocycles. The van der Waals surface area contributed by atoms with Crippen LogP contribution in [0.2, 0.25) is 0 Å². The minimum absolute atomic E-state index is 0. The molecule has 0 spiro atoms. The smallest absolute Gasteiger partial charge is 0.191 e. The molecule has 0 bridgehead atoms. The Bertz CT molecular complexity index is 415. The van der Waals surface area contributed by atoms with Crippen LogP contribution in [0.5, 0.6) is 0 Å². The van der Waals surface area contributed by atoms with Crippen LogP contribution >= 0.6 is 24.0 Å². The predicted octanol–water partition coefficient (Wildman–Crippen LogP) is 2.25. The van der Waals surface area contributed by atoms with Gasteiger partial charge in [0.2, 0.25) is 0 Å². The highest BCUT2D eigenvalue weighted by Gasteiger charge is 2.24. The Hall–Kier alpha value is -0.120. The lowest BCUT2D eigenvalue weighted by Crippen LogP contribution is -2.48. The molecular weight excluding hydrogens is 453 g/mol. The van der Waals surface area contributed by atoms with Crippen LogP contribution < -0.4 is 10.6 Å². The Kier molecular flexibility index (Phi) is 12.9. The second-order valence-electron chi connectivity index (χ2n) is 7.96. The van der Waals surface area contributed by atoms with E-state index in [0.717, 1.165) is 57.8 Å². The number of hydrogen-bond acceptors (Lipinski definition) is 4. The summed E-state index contributed by atoms with van der Waals surface area (Å²) in [6, 6.07) is 0.486. The summed E-state index contributed by atoms with van der Waals surface area (Å²) in [7, 11) is 0. The normalized spacial score (nSPS) is 23.7. The number of nitrogens with one attached hydrogen (secondary N) is 2. The first kappa shape index (κ1) is 24.9. The van der Waals surface area contributed by atoms with Gasteiger partial charge in [-0.15, -0.1) is 24.0 Å². The zero-order valence-electron chi connectivity index (χ0n) is 17.9. The number of likely N-dealkylation sites (tertiary alicyclic amines) is 1. The van der Waals surface area contributed by atoms with E-state index >= 15 is 0 Å². The molecule has 0 radical (unpaired) electrons. The number of rotatable bonds is 8. The Morgan fingerprint density at radius 2 is 1.89 bits per heavy atom. The maximum absolute atomic E-state index is 5.51. The fourth-order valence-corrected chi connectivity index (χ4v) is 4.03. The van der Waals surface area contributed by atoms with Crippen molar-refractivity contribution in [3.8, 4) is 0 Å². The van der Waals surface area contributed by atoms with E-state index in [0.29, 0.717) is 12.0 Å². The molecule has 2 fully saturated rings. The molecule has 6 nitrogen and oxygen atoms in total. The minimum Gasteiger partial charge on any atom is -0.379 e. The number of guanidine groups is 1. The third-order valence-electron chi connectivity index (χ3n) is 5.67. The molecule has 0 aliphatic carbocycles.